The third-order valence-electron chi connectivity index (χ3n) is 2.66. The van der Waals surface area contributed by atoms with E-state index in [1.807, 2.05) is 52.0 Å². The third kappa shape index (κ3) is 4.12. The van der Waals surface area contributed by atoms with Crippen LogP contribution < -0.4 is 11.5 Å². The van der Waals surface area contributed by atoms with Crippen LogP contribution in [0, 0.1) is 0 Å². The fourth-order valence-corrected chi connectivity index (χ4v) is 1.97. The standard InChI is InChI=1S/C16H20N6/c1-9(2)5-11-7-13(21-15(17)19-11)14-8-12(6-10(3)4)20-16(18)22-14/h5-8H,1-4H3,(H2,17,19,21)(H2,18,20,22). The third-order valence-corrected chi connectivity index (χ3v) is 2.66. The summed E-state index contributed by atoms with van der Waals surface area (Å²) in [5, 5.41) is 0. The molecule has 0 aromatic carbocycles. The molecule has 0 aliphatic heterocycles. The van der Waals surface area contributed by atoms with Gasteiger partial charge in [0.25, 0.3) is 0 Å². The van der Waals surface area contributed by atoms with Crippen molar-refractivity contribution in [3.8, 4) is 11.4 Å². The van der Waals surface area contributed by atoms with Gasteiger partial charge in [0.05, 0.1) is 22.8 Å². The average Bonchev–Trinajstić information content (AvgIpc) is 2.35. The van der Waals surface area contributed by atoms with E-state index in [1.54, 1.807) is 0 Å². The van der Waals surface area contributed by atoms with Crippen molar-refractivity contribution in [2.24, 2.45) is 0 Å². The first kappa shape index (κ1) is 15.6. The Morgan fingerprint density at radius 2 is 1.09 bits per heavy atom. The number of nitrogens with two attached hydrogens (primary N) is 2. The summed E-state index contributed by atoms with van der Waals surface area (Å²) in [6, 6.07) is 3.66. The fraction of sp³-hybridized carbons (Fsp3) is 0.250. The minimum Gasteiger partial charge on any atom is -0.368 e. The Morgan fingerprint density at radius 3 is 1.41 bits per heavy atom. The second-order valence-electron chi connectivity index (χ2n) is 5.52. The van der Waals surface area contributed by atoms with Crippen LogP contribution in [0.2, 0.25) is 0 Å². The van der Waals surface area contributed by atoms with E-state index in [2.05, 4.69) is 19.9 Å². The van der Waals surface area contributed by atoms with Crippen molar-refractivity contribution >= 4 is 24.0 Å². The largest absolute Gasteiger partial charge is 0.368 e. The van der Waals surface area contributed by atoms with Crippen LogP contribution in [0.15, 0.2) is 23.3 Å². The predicted octanol–water partition coefficient (Wildman–Crippen LogP) is 2.94. The first-order valence-electron chi connectivity index (χ1n) is 6.93. The van der Waals surface area contributed by atoms with Crippen LogP contribution in [0.4, 0.5) is 11.9 Å². The Hall–Kier alpha value is -2.76. The van der Waals surface area contributed by atoms with Gasteiger partial charge in [-0.1, -0.05) is 11.1 Å². The summed E-state index contributed by atoms with van der Waals surface area (Å²) < 4.78 is 0. The maximum atomic E-state index is 5.79. The highest BCUT2D eigenvalue weighted by atomic mass is 15.0. The molecule has 0 atom stereocenters. The highest BCUT2D eigenvalue weighted by Crippen LogP contribution is 2.20. The molecule has 0 aliphatic carbocycles. The molecular formula is C16H20N6. The number of hydrogen-bond acceptors (Lipinski definition) is 6. The molecule has 0 aliphatic rings. The van der Waals surface area contributed by atoms with Crippen molar-refractivity contribution in [2.75, 3.05) is 11.5 Å². The summed E-state index contributed by atoms with van der Waals surface area (Å²) in [5.41, 5.74) is 16.5. The second-order valence-corrected chi connectivity index (χ2v) is 5.52. The van der Waals surface area contributed by atoms with Crippen LogP contribution in [-0.2, 0) is 0 Å². The lowest BCUT2D eigenvalue weighted by Gasteiger charge is -2.06. The molecule has 114 valence electrons. The lowest BCUT2D eigenvalue weighted by Crippen LogP contribution is -2.02. The molecule has 2 aromatic rings. The maximum absolute atomic E-state index is 5.79. The van der Waals surface area contributed by atoms with Crippen LogP contribution in [0.1, 0.15) is 39.1 Å². The van der Waals surface area contributed by atoms with E-state index in [9.17, 15) is 0 Å². The Morgan fingerprint density at radius 1 is 0.727 bits per heavy atom. The van der Waals surface area contributed by atoms with Gasteiger partial charge in [-0.3, -0.25) is 0 Å². The molecule has 0 bridgehead atoms. The van der Waals surface area contributed by atoms with Gasteiger partial charge in [-0.15, -0.1) is 0 Å². The maximum Gasteiger partial charge on any atom is 0.221 e. The SMILES string of the molecule is CC(C)=Cc1cc(-c2cc(C=C(C)C)nc(N)n2)nc(N)n1. The van der Waals surface area contributed by atoms with E-state index in [-0.39, 0.29) is 11.9 Å². The molecular weight excluding hydrogens is 276 g/mol. The number of rotatable bonds is 3. The topological polar surface area (TPSA) is 104 Å². The lowest BCUT2D eigenvalue weighted by molar-refractivity contribution is 1.12. The highest BCUT2D eigenvalue weighted by Gasteiger charge is 2.08. The number of anilines is 2. The van der Waals surface area contributed by atoms with Crippen molar-refractivity contribution in [1.82, 2.24) is 19.9 Å². The van der Waals surface area contributed by atoms with Gasteiger partial charge in [-0.25, -0.2) is 19.9 Å². The van der Waals surface area contributed by atoms with Gasteiger partial charge >= 0.3 is 0 Å². The van der Waals surface area contributed by atoms with Gasteiger partial charge in [0.1, 0.15) is 0 Å². The fourth-order valence-electron chi connectivity index (χ4n) is 1.97. The van der Waals surface area contributed by atoms with E-state index < -0.39 is 0 Å². The van der Waals surface area contributed by atoms with Gasteiger partial charge in [0.15, 0.2) is 0 Å². The van der Waals surface area contributed by atoms with Crippen molar-refractivity contribution in [1.29, 1.82) is 0 Å². The van der Waals surface area contributed by atoms with E-state index in [0.717, 1.165) is 22.5 Å². The number of aromatic nitrogens is 4. The second kappa shape index (κ2) is 6.34. The number of hydrogen-bond donors (Lipinski definition) is 2. The number of nitrogen functional groups attached to an aromatic ring is 2. The van der Waals surface area contributed by atoms with E-state index in [1.165, 1.54) is 0 Å². The molecule has 0 fully saturated rings. The van der Waals surface area contributed by atoms with E-state index in [0.29, 0.717) is 11.4 Å². The molecule has 0 saturated heterocycles. The molecule has 0 spiro atoms. The van der Waals surface area contributed by atoms with Gasteiger partial charge < -0.3 is 11.5 Å². The Bertz CT molecular complexity index is 688. The molecule has 2 aromatic heterocycles. The molecule has 0 radical (unpaired) electrons. The zero-order valence-electron chi connectivity index (χ0n) is 13.3. The summed E-state index contributed by atoms with van der Waals surface area (Å²) in [4.78, 5) is 16.9. The molecule has 2 heterocycles. The monoisotopic (exact) mass is 296 g/mol. The van der Waals surface area contributed by atoms with Crippen LogP contribution >= 0.6 is 0 Å². The molecule has 0 saturated carbocycles. The summed E-state index contributed by atoms with van der Waals surface area (Å²) >= 11 is 0. The van der Waals surface area contributed by atoms with Gasteiger partial charge in [-0.2, -0.15) is 0 Å². The van der Waals surface area contributed by atoms with Crippen LogP contribution in [0.25, 0.3) is 23.5 Å². The van der Waals surface area contributed by atoms with Gasteiger partial charge in [0.2, 0.25) is 11.9 Å². The van der Waals surface area contributed by atoms with Crippen LogP contribution in [0.5, 0.6) is 0 Å². The minimum absolute atomic E-state index is 0.200. The quantitative estimate of drug-likeness (QED) is 0.902. The average molecular weight is 296 g/mol. The van der Waals surface area contributed by atoms with Crippen molar-refractivity contribution in [3.05, 3.63) is 34.7 Å². The summed E-state index contributed by atoms with van der Waals surface area (Å²) in [7, 11) is 0. The van der Waals surface area contributed by atoms with Gasteiger partial charge in [0, 0.05) is 0 Å². The predicted molar refractivity (Wildman–Crippen MR) is 90.5 cm³/mol. The summed E-state index contributed by atoms with van der Waals surface area (Å²) in [5.74, 6) is 0.400. The number of allylic oxidation sites excluding steroid dienone is 2. The zero-order chi connectivity index (χ0) is 16.3. The first-order chi connectivity index (χ1) is 10.3. The molecule has 6 nitrogen and oxygen atoms in total. The van der Waals surface area contributed by atoms with Crippen molar-refractivity contribution in [2.45, 2.75) is 27.7 Å². The molecule has 4 N–H and O–H groups in total. The molecule has 6 heteroatoms. The molecule has 0 unspecified atom stereocenters. The van der Waals surface area contributed by atoms with E-state index >= 15 is 0 Å². The Kier molecular flexibility index (Phi) is 4.50. The normalized spacial score (nSPS) is 10.2. The first-order valence-corrected chi connectivity index (χ1v) is 6.93. The van der Waals surface area contributed by atoms with Gasteiger partial charge in [-0.05, 0) is 52.0 Å². The minimum atomic E-state index is 0.200. The lowest BCUT2D eigenvalue weighted by atomic mass is 10.2. The van der Waals surface area contributed by atoms with Crippen molar-refractivity contribution < 1.29 is 0 Å². The van der Waals surface area contributed by atoms with Crippen molar-refractivity contribution in [3.63, 3.8) is 0 Å². The zero-order valence-corrected chi connectivity index (χ0v) is 13.3. The highest BCUT2D eigenvalue weighted by molar-refractivity contribution is 5.64. The van der Waals surface area contributed by atoms with Crippen LogP contribution in [0.3, 0.4) is 0 Å². The Balaban J connectivity index is 2.56. The molecule has 0 amide bonds. The molecule has 22 heavy (non-hydrogen) atoms. The summed E-state index contributed by atoms with van der Waals surface area (Å²) in [6.07, 6.45) is 3.87. The summed E-state index contributed by atoms with van der Waals surface area (Å²) in [6.45, 7) is 7.97. The number of nitrogens with zero attached hydrogens (tertiary/aromatic N) is 4. The van der Waals surface area contributed by atoms with Crippen LogP contribution in [-0.4, -0.2) is 19.9 Å². The molecule has 2 rings (SSSR count). The van der Waals surface area contributed by atoms with E-state index in [4.69, 9.17) is 11.5 Å². The Labute approximate surface area is 130 Å². The smallest absolute Gasteiger partial charge is 0.221 e.